The van der Waals surface area contributed by atoms with Gasteiger partial charge in [-0.05, 0) is 36.8 Å². The van der Waals surface area contributed by atoms with Crippen molar-refractivity contribution in [2.24, 2.45) is 0 Å². The van der Waals surface area contributed by atoms with Crippen LogP contribution in [0.25, 0.3) is 0 Å². The van der Waals surface area contributed by atoms with Crippen molar-refractivity contribution in [3.05, 3.63) is 59.3 Å². The normalized spacial score (nSPS) is 15.9. The van der Waals surface area contributed by atoms with E-state index in [1.54, 1.807) is 57.5 Å². The quantitative estimate of drug-likeness (QED) is 0.696. The summed E-state index contributed by atoms with van der Waals surface area (Å²) < 4.78 is 15.8. The zero-order chi connectivity index (χ0) is 21.0. The average Bonchev–Trinajstić information content (AvgIpc) is 2.73. The van der Waals surface area contributed by atoms with Crippen molar-refractivity contribution in [1.82, 2.24) is 10.6 Å². The van der Waals surface area contributed by atoms with E-state index in [0.717, 1.165) is 5.56 Å². The molecule has 0 saturated carbocycles. The van der Waals surface area contributed by atoms with Crippen molar-refractivity contribution >= 4 is 17.6 Å². The molecule has 0 fully saturated rings. The van der Waals surface area contributed by atoms with Gasteiger partial charge < -0.3 is 30.2 Å². The first-order chi connectivity index (χ1) is 14.0. The Morgan fingerprint density at radius 3 is 2.41 bits per heavy atom. The van der Waals surface area contributed by atoms with E-state index in [1.165, 1.54) is 7.11 Å². The van der Waals surface area contributed by atoms with Gasteiger partial charge in [-0.3, -0.25) is 4.79 Å². The van der Waals surface area contributed by atoms with E-state index in [2.05, 4.69) is 16.0 Å². The lowest BCUT2D eigenvalue weighted by Crippen LogP contribution is -2.46. The van der Waals surface area contributed by atoms with Crippen molar-refractivity contribution in [3.63, 3.8) is 0 Å². The first kappa shape index (κ1) is 20.1. The Morgan fingerprint density at radius 2 is 1.72 bits per heavy atom. The second-order valence-electron chi connectivity index (χ2n) is 6.37. The van der Waals surface area contributed by atoms with Crippen molar-refractivity contribution in [2.75, 3.05) is 26.6 Å². The molecule has 0 saturated heterocycles. The summed E-state index contributed by atoms with van der Waals surface area (Å²) in [5.74, 6) is 1.33. The Balaban J connectivity index is 1.96. The Bertz CT molecular complexity index is 971. The van der Waals surface area contributed by atoms with Crippen molar-refractivity contribution in [3.8, 4) is 17.2 Å². The molecule has 2 aromatic carbocycles. The molecule has 0 aliphatic carbocycles. The van der Waals surface area contributed by atoms with E-state index >= 15 is 0 Å². The molecule has 3 amide bonds. The number of urea groups is 1. The molecule has 1 aliphatic rings. The number of nitrogens with one attached hydrogen (secondary N) is 3. The summed E-state index contributed by atoms with van der Waals surface area (Å²) in [5.41, 5.74) is 2.06. The van der Waals surface area contributed by atoms with Gasteiger partial charge in [-0.2, -0.15) is 0 Å². The number of amides is 3. The number of anilines is 1. The molecule has 1 heterocycles. The first-order valence-electron chi connectivity index (χ1n) is 8.92. The second kappa shape index (κ2) is 8.55. The highest BCUT2D eigenvalue weighted by Crippen LogP contribution is 2.33. The molecular formula is C21H23N3O5. The van der Waals surface area contributed by atoms with Gasteiger partial charge in [0.2, 0.25) is 0 Å². The number of carbonyl (C=O) groups excluding carboxylic acids is 2. The number of ether oxygens (including phenoxy) is 3. The molecule has 1 aliphatic heterocycles. The third-order valence-electron chi connectivity index (χ3n) is 4.60. The molecule has 1 atom stereocenters. The molecule has 29 heavy (non-hydrogen) atoms. The number of rotatable bonds is 6. The zero-order valence-electron chi connectivity index (χ0n) is 16.7. The molecule has 0 bridgehead atoms. The number of benzene rings is 2. The molecule has 3 rings (SSSR count). The SMILES string of the molecule is COc1cccc([C@H]2NC(=O)NC(C)=C2C(=O)Nc2ccc(OC)cc2OC)c1. The maximum Gasteiger partial charge on any atom is 0.319 e. The van der Waals surface area contributed by atoms with Gasteiger partial charge in [0.05, 0.1) is 38.6 Å². The molecule has 8 heteroatoms. The van der Waals surface area contributed by atoms with E-state index in [0.29, 0.717) is 34.2 Å². The molecule has 0 radical (unpaired) electrons. The Labute approximate surface area is 168 Å². The van der Waals surface area contributed by atoms with Gasteiger partial charge in [-0.1, -0.05) is 12.1 Å². The van der Waals surface area contributed by atoms with Crippen LogP contribution >= 0.6 is 0 Å². The molecule has 0 spiro atoms. The minimum absolute atomic E-state index is 0.369. The largest absolute Gasteiger partial charge is 0.497 e. The van der Waals surface area contributed by atoms with Crippen LogP contribution in [0.5, 0.6) is 17.2 Å². The summed E-state index contributed by atoms with van der Waals surface area (Å²) in [6.45, 7) is 1.69. The molecule has 0 unspecified atom stereocenters. The van der Waals surface area contributed by atoms with Crippen LogP contribution < -0.4 is 30.2 Å². The highest BCUT2D eigenvalue weighted by Gasteiger charge is 2.31. The molecule has 152 valence electrons. The number of hydrogen-bond acceptors (Lipinski definition) is 5. The fourth-order valence-electron chi connectivity index (χ4n) is 3.16. The fraction of sp³-hybridized carbons (Fsp3) is 0.238. The first-order valence-corrected chi connectivity index (χ1v) is 8.92. The van der Waals surface area contributed by atoms with E-state index in [-0.39, 0.29) is 11.9 Å². The van der Waals surface area contributed by atoms with E-state index in [1.807, 2.05) is 6.07 Å². The highest BCUT2D eigenvalue weighted by molar-refractivity contribution is 6.07. The number of hydrogen-bond donors (Lipinski definition) is 3. The summed E-state index contributed by atoms with van der Waals surface area (Å²) in [6, 6.07) is 11.3. The van der Waals surface area contributed by atoms with Crippen LogP contribution in [-0.4, -0.2) is 33.3 Å². The smallest absolute Gasteiger partial charge is 0.319 e. The summed E-state index contributed by atoms with van der Waals surface area (Å²) in [7, 11) is 4.62. The predicted molar refractivity (Wildman–Crippen MR) is 108 cm³/mol. The topological polar surface area (TPSA) is 97.9 Å². The van der Waals surface area contributed by atoms with Gasteiger partial charge >= 0.3 is 6.03 Å². The number of carbonyl (C=O) groups is 2. The minimum Gasteiger partial charge on any atom is -0.497 e. The third kappa shape index (κ3) is 4.26. The van der Waals surface area contributed by atoms with Crippen LogP contribution in [-0.2, 0) is 4.79 Å². The second-order valence-corrected chi connectivity index (χ2v) is 6.37. The van der Waals surface area contributed by atoms with Crippen LogP contribution in [0.2, 0.25) is 0 Å². The lowest BCUT2D eigenvalue weighted by molar-refractivity contribution is -0.113. The van der Waals surface area contributed by atoms with Crippen LogP contribution in [0.1, 0.15) is 18.5 Å². The average molecular weight is 397 g/mol. The molecule has 3 N–H and O–H groups in total. The summed E-state index contributed by atoms with van der Waals surface area (Å²) in [6.07, 6.45) is 0. The van der Waals surface area contributed by atoms with Crippen LogP contribution in [0, 0.1) is 0 Å². The number of allylic oxidation sites excluding steroid dienone is 1. The van der Waals surface area contributed by atoms with Crippen molar-refractivity contribution in [1.29, 1.82) is 0 Å². The van der Waals surface area contributed by atoms with Gasteiger partial charge in [-0.15, -0.1) is 0 Å². The Hall–Kier alpha value is -3.68. The third-order valence-corrected chi connectivity index (χ3v) is 4.60. The van der Waals surface area contributed by atoms with Gasteiger partial charge in [0, 0.05) is 11.8 Å². The maximum atomic E-state index is 13.2. The summed E-state index contributed by atoms with van der Waals surface area (Å²) in [4.78, 5) is 25.2. The van der Waals surface area contributed by atoms with Gasteiger partial charge in [0.25, 0.3) is 5.91 Å². The molecule has 8 nitrogen and oxygen atoms in total. The van der Waals surface area contributed by atoms with Crippen molar-refractivity contribution < 1.29 is 23.8 Å². The van der Waals surface area contributed by atoms with Gasteiger partial charge in [0.15, 0.2) is 0 Å². The van der Waals surface area contributed by atoms with E-state index in [9.17, 15) is 9.59 Å². The van der Waals surface area contributed by atoms with Gasteiger partial charge in [0.1, 0.15) is 17.2 Å². The molecule has 2 aromatic rings. The van der Waals surface area contributed by atoms with Crippen LogP contribution in [0.15, 0.2) is 53.7 Å². The summed E-state index contributed by atoms with van der Waals surface area (Å²) >= 11 is 0. The standard InChI is InChI=1S/C21H23N3O5/c1-12-18(20(25)23-16-9-8-15(28-3)11-17(16)29-4)19(24-21(26)22-12)13-6-5-7-14(10-13)27-2/h5-11,19H,1-4H3,(H,23,25)(H2,22,24,26)/t19-/m1/s1. The predicted octanol–water partition coefficient (Wildman–Crippen LogP) is 2.98. The molecular weight excluding hydrogens is 374 g/mol. The Morgan fingerprint density at radius 1 is 1.00 bits per heavy atom. The minimum atomic E-state index is -0.636. The van der Waals surface area contributed by atoms with E-state index in [4.69, 9.17) is 14.2 Å². The van der Waals surface area contributed by atoms with Crippen molar-refractivity contribution in [2.45, 2.75) is 13.0 Å². The molecule has 0 aromatic heterocycles. The van der Waals surface area contributed by atoms with E-state index < -0.39 is 6.04 Å². The summed E-state index contributed by atoms with van der Waals surface area (Å²) in [5, 5.41) is 8.32. The highest BCUT2D eigenvalue weighted by atomic mass is 16.5. The Kier molecular flexibility index (Phi) is 5.92. The lowest BCUT2D eigenvalue weighted by Gasteiger charge is -2.29. The fourth-order valence-corrected chi connectivity index (χ4v) is 3.16. The maximum absolute atomic E-state index is 13.2. The number of methoxy groups -OCH3 is 3. The zero-order valence-corrected chi connectivity index (χ0v) is 16.7. The van der Waals surface area contributed by atoms with Crippen LogP contribution in [0.4, 0.5) is 10.5 Å². The van der Waals surface area contributed by atoms with Crippen LogP contribution in [0.3, 0.4) is 0 Å². The lowest BCUT2D eigenvalue weighted by atomic mass is 9.94. The van der Waals surface area contributed by atoms with Gasteiger partial charge in [-0.25, -0.2) is 4.79 Å². The monoisotopic (exact) mass is 397 g/mol.